The van der Waals surface area contributed by atoms with E-state index in [9.17, 15) is 19.8 Å². The molecule has 0 saturated heterocycles. The average molecular weight is 481 g/mol. The predicted molar refractivity (Wildman–Crippen MR) is 129 cm³/mol. The van der Waals surface area contributed by atoms with Crippen molar-refractivity contribution in [3.05, 3.63) is 11.6 Å². The highest BCUT2D eigenvalue weighted by molar-refractivity contribution is 8.23. The lowest BCUT2D eigenvalue weighted by atomic mass is 9.45. The van der Waals surface area contributed by atoms with E-state index in [0.717, 1.165) is 25.7 Å². The number of rotatable bonds is 4. The van der Waals surface area contributed by atoms with E-state index >= 15 is 0 Å². The van der Waals surface area contributed by atoms with Gasteiger partial charge in [0.1, 0.15) is 5.60 Å². The first-order valence-corrected chi connectivity index (χ1v) is 13.3. The van der Waals surface area contributed by atoms with Crippen molar-refractivity contribution in [3.63, 3.8) is 0 Å². The number of thioether (sulfide) groups is 1. The molecular weight excluding hydrogens is 444 g/mol. The van der Waals surface area contributed by atoms with Crippen molar-refractivity contribution in [2.45, 2.75) is 90.4 Å². The number of Topliss-reactive ketones (excluding diaryl/α,β-unsaturated/α-hetero) is 1. The molecule has 0 amide bonds. The summed E-state index contributed by atoms with van der Waals surface area (Å²) in [4.78, 5) is 25.3. The molecule has 0 radical (unpaired) electrons. The van der Waals surface area contributed by atoms with Gasteiger partial charge in [-0.15, -0.1) is 0 Å². The zero-order chi connectivity index (χ0) is 23.5. The van der Waals surface area contributed by atoms with Crippen molar-refractivity contribution in [3.8, 4) is 0 Å². The number of hydrogen-bond donors (Lipinski definition) is 2. The van der Waals surface area contributed by atoms with Crippen LogP contribution in [0.15, 0.2) is 11.6 Å². The molecule has 0 heterocycles. The number of ketones is 2. The van der Waals surface area contributed by atoms with Gasteiger partial charge in [0.25, 0.3) is 0 Å². The van der Waals surface area contributed by atoms with Crippen LogP contribution in [0.25, 0.3) is 0 Å². The van der Waals surface area contributed by atoms with E-state index in [1.807, 2.05) is 26.8 Å². The molecule has 3 fully saturated rings. The van der Waals surface area contributed by atoms with E-state index in [4.69, 9.17) is 17.0 Å². The fourth-order valence-corrected chi connectivity index (χ4v) is 8.74. The molecule has 0 aromatic rings. The first-order chi connectivity index (χ1) is 14.9. The smallest absolute Gasteiger partial charge is 0.220 e. The van der Waals surface area contributed by atoms with E-state index in [1.54, 1.807) is 0 Å². The van der Waals surface area contributed by atoms with Crippen LogP contribution in [0, 0.1) is 28.6 Å². The maximum absolute atomic E-state index is 13.3. The van der Waals surface area contributed by atoms with E-state index in [2.05, 4.69) is 6.92 Å². The van der Waals surface area contributed by atoms with Crippen LogP contribution in [-0.2, 0) is 14.3 Å². The standard InChI is InChI=1S/C25H36O5S2/c1-14(2)30-22(31)32-13-20(28)25(29)10-8-18-17-6-5-15-11-16(26)7-9-23(15,3)21(17)19(27)12-24(18,25)4/h11,14,17-19,21,27,29H,5-10,12-13H2,1-4H3/t17-,18+,19-,21-,23-,24-,25-/m0/s1. The second-order valence-electron chi connectivity index (χ2n) is 11.1. The van der Waals surface area contributed by atoms with Gasteiger partial charge in [-0.2, -0.15) is 0 Å². The van der Waals surface area contributed by atoms with Gasteiger partial charge in [-0.05, 0) is 93.8 Å². The van der Waals surface area contributed by atoms with E-state index in [-0.39, 0.29) is 46.6 Å². The summed E-state index contributed by atoms with van der Waals surface area (Å²) in [6.45, 7) is 8.00. The Morgan fingerprint density at radius 3 is 2.69 bits per heavy atom. The quantitative estimate of drug-likeness (QED) is 0.583. The number of allylic oxidation sites excluding steroid dienone is 1. The summed E-state index contributed by atoms with van der Waals surface area (Å²) in [5.74, 6) is 0.583. The van der Waals surface area contributed by atoms with Crippen molar-refractivity contribution >= 4 is 39.9 Å². The van der Waals surface area contributed by atoms with Gasteiger partial charge >= 0.3 is 0 Å². The van der Waals surface area contributed by atoms with Crippen LogP contribution in [0.5, 0.6) is 0 Å². The molecule has 2 N–H and O–H groups in total. The number of ether oxygens (including phenoxy) is 1. The van der Waals surface area contributed by atoms with Crippen LogP contribution < -0.4 is 0 Å². The Bertz CT molecular complexity index is 853. The zero-order valence-electron chi connectivity index (χ0n) is 19.6. The highest BCUT2D eigenvalue weighted by atomic mass is 32.2. The van der Waals surface area contributed by atoms with Crippen LogP contribution in [0.1, 0.15) is 72.6 Å². The molecule has 5 nitrogen and oxygen atoms in total. The molecule has 0 aromatic heterocycles. The number of fused-ring (bicyclic) bond motifs is 5. The minimum absolute atomic E-state index is 0.0475. The number of aliphatic hydroxyl groups excluding tert-OH is 1. The second kappa shape index (κ2) is 8.47. The van der Waals surface area contributed by atoms with Crippen molar-refractivity contribution in [1.29, 1.82) is 0 Å². The lowest BCUT2D eigenvalue weighted by Crippen LogP contribution is -2.62. The average Bonchev–Trinajstić information content (AvgIpc) is 2.97. The Labute approximate surface area is 200 Å². The highest BCUT2D eigenvalue weighted by Crippen LogP contribution is 2.67. The summed E-state index contributed by atoms with van der Waals surface area (Å²) >= 11 is 6.38. The monoisotopic (exact) mass is 480 g/mol. The lowest BCUT2D eigenvalue weighted by Gasteiger charge is -2.60. The fraction of sp³-hybridized carbons (Fsp3) is 0.800. The molecule has 0 bridgehead atoms. The maximum Gasteiger partial charge on any atom is 0.220 e. The van der Waals surface area contributed by atoms with Gasteiger partial charge in [-0.3, -0.25) is 9.59 Å². The fourth-order valence-electron chi connectivity index (χ4n) is 7.62. The van der Waals surface area contributed by atoms with Gasteiger partial charge in [0.2, 0.25) is 4.38 Å². The summed E-state index contributed by atoms with van der Waals surface area (Å²) in [5.41, 5.74) is -1.09. The van der Waals surface area contributed by atoms with Gasteiger partial charge in [-0.1, -0.05) is 31.2 Å². The van der Waals surface area contributed by atoms with Crippen LogP contribution in [0.4, 0.5) is 0 Å². The van der Waals surface area contributed by atoms with Crippen molar-refractivity contribution in [1.82, 2.24) is 0 Å². The molecule has 0 unspecified atom stereocenters. The number of aliphatic hydroxyl groups is 2. The minimum atomic E-state index is -1.45. The third kappa shape index (κ3) is 3.71. The maximum atomic E-state index is 13.3. The molecule has 0 aromatic carbocycles. The summed E-state index contributed by atoms with van der Waals surface area (Å²) in [5, 5.41) is 23.2. The van der Waals surface area contributed by atoms with Gasteiger partial charge in [0.15, 0.2) is 11.6 Å². The first kappa shape index (κ1) is 24.4. The molecular formula is C25H36O5S2. The van der Waals surface area contributed by atoms with E-state index in [0.29, 0.717) is 23.6 Å². The number of thiocarbonyl (C=S) groups is 1. The van der Waals surface area contributed by atoms with Crippen LogP contribution in [0.3, 0.4) is 0 Å². The molecule has 4 rings (SSSR count). The number of carbonyl (C=O) groups is 2. The first-order valence-electron chi connectivity index (χ1n) is 11.9. The van der Waals surface area contributed by atoms with Crippen LogP contribution >= 0.6 is 24.0 Å². The Hall–Kier alpha value is -0.760. The molecule has 7 heteroatoms. The SMILES string of the molecule is CC(C)OC(=S)SCC(=O)[C@@]1(O)CC[C@@H]2[C@@H]3CCC4=CC(=O)CC[C@]4(C)[C@@H]3[C@@H](O)C[C@@]21C. The lowest BCUT2D eigenvalue weighted by molar-refractivity contribution is -0.178. The van der Waals surface area contributed by atoms with Crippen molar-refractivity contribution in [2.75, 3.05) is 5.75 Å². The Balaban J connectivity index is 1.56. The van der Waals surface area contributed by atoms with Crippen LogP contribution in [-0.4, -0.2) is 49.7 Å². The van der Waals surface area contributed by atoms with Gasteiger partial charge < -0.3 is 14.9 Å². The molecule has 4 aliphatic rings. The third-order valence-corrected chi connectivity index (χ3v) is 10.4. The van der Waals surface area contributed by atoms with Crippen molar-refractivity contribution < 1.29 is 24.5 Å². The molecule has 0 aliphatic heterocycles. The summed E-state index contributed by atoms with van der Waals surface area (Å²) < 4.78 is 5.80. The molecule has 32 heavy (non-hydrogen) atoms. The highest BCUT2D eigenvalue weighted by Gasteiger charge is 2.68. The second-order valence-corrected chi connectivity index (χ2v) is 12.7. The summed E-state index contributed by atoms with van der Waals surface area (Å²) in [6, 6.07) is 0. The molecule has 0 spiro atoms. The van der Waals surface area contributed by atoms with Gasteiger partial charge in [0.05, 0.1) is 18.0 Å². The van der Waals surface area contributed by atoms with E-state index < -0.39 is 17.1 Å². The normalized spacial score (nSPS) is 43.2. The predicted octanol–water partition coefficient (Wildman–Crippen LogP) is 4.23. The zero-order valence-corrected chi connectivity index (χ0v) is 21.2. The minimum Gasteiger partial charge on any atom is -0.476 e. The van der Waals surface area contributed by atoms with Crippen LogP contribution in [0.2, 0.25) is 0 Å². The summed E-state index contributed by atoms with van der Waals surface area (Å²) in [6.07, 6.45) is 5.91. The van der Waals surface area contributed by atoms with Gasteiger partial charge in [-0.25, -0.2) is 0 Å². The third-order valence-electron chi connectivity index (χ3n) is 9.16. The Morgan fingerprint density at radius 2 is 2.00 bits per heavy atom. The largest absolute Gasteiger partial charge is 0.476 e. The van der Waals surface area contributed by atoms with Gasteiger partial charge in [0, 0.05) is 11.8 Å². The number of carbonyl (C=O) groups excluding carboxylic acids is 2. The molecule has 7 atom stereocenters. The topological polar surface area (TPSA) is 83.8 Å². The summed E-state index contributed by atoms with van der Waals surface area (Å²) in [7, 11) is 0. The van der Waals surface area contributed by atoms with Crippen molar-refractivity contribution in [2.24, 2.45) is 28.6 Å². The Morgan fingerprint density at radius 1 is 1.28 bits per heavy atom. The molecule has 3 saturated carbocycles. The Kier molecular flexibility index (Phi) is 6.45. The molecule has 4 aliphatic carbocycles. The number of hydrogen-bond acceptors (Lipinski definition) is 7. The molecule has 178 valence electrons. The van der Waals surface area contributed by atoms with E-state index in [1.165, 1.54) is 17.3 Å².